The number of nitrogens with zero attached hydrogens (tertiary/aromatic N) is 2. The third-order valence-electron chi connectivity index (χ3n) is 3.43. The summed E-state index contributed by atoms with van der Waals surface area (Å²) in [5, 5.41) is 0. The summed E-state index contributed by atoms with van der Waals surface area (Å²) in [7, 11) is -2.39. The van der Waals surface area contributed by atoms with Crippen LogP contribution in [0.4, 0.5) is 8.78 Å². The first-order valence-electron chi connectivity index (χ1n) is 6.53. The zero-order valence-electron chi connectivity index (χ0n) is 11.6. The van der Waals surface area contributed by atoms with E-state index in [1.54, 1.807) is 0 Å². The predicted molar refractivity (Wildman–Crippen MR) is 71.5 cm³/mol. The number of methoxy groups -OCH3 is 1. The van der Waals surface area contributed by atoms with Gasteiger partial charge in [0.15, 0.2) is 0 Å². The molecule has 0 bridgehead atoms. The van der Waals surface area contributed by atoms with Crippen molar-refractivity contribution in [2.75, 3.05) is 12.9 Å². The predicted octanol–water partition coefficient (Wildman–Crippen LogP) is 1.34. The molecular formula is C12H17F2N3O3S. The molecule has 0 aliphatic heterocycles. The Hall–Kier alpha value is -1.35. The molecule has 0 aromatic carbocycles. The Balaban J connectivity index is 1.95. The van der Waals surface area contributed by atoms with E-state index in [0.29, 0.717) is 12.1 Å². The second kappa shape index (κ2) is 6.18. The Labute approximate surface area is 122 Å². The first-order chi connectivity index (χ1) is 9.82. The van der Waals surface area contributed by atoms with Crippen LogP contribution in [-0.4, -0.2) is 37.2 Å². The summed E-state index contributed by atoms with van der Waals surface area (Å²) in [4.78, 5) is 7.74. The lowest BCUT2D eigenvalue weighted by atomic mass is 10.1. The molecule has 9 heteroatoms. The van der Waals surface area contributed by atoms with Crippen molar-refractivity contribution in [2.45, 2.75) is 31.7 Å². The van der Waals surface area contributed by atoms with Crippen molar-refractivity contribution in [3.63, 3.8) is 0 Å². The fourth-order valence-corrected chi connectivity index (χ4v) is 3.71. The van der Waals surface area contributed by atoms with Crippen molar-refractivity contribution in [2.24, 2.45) is 5.92 Å². The van der Waals surface area contributed by atoms with Crippen molar-refractivity contribution in [1.82, 2.24) is 14.7 Å². The molecule has 1 N–H and O–H groups in total. The Morgan fingerprint density at radius 1 is 1.52 bits per heavy atom. The van der Waals surface area contributed by atoms with E-state index in [1.165, 1.54) is 19.4 Å². The molecule has 1 unspecified atom stereocenters. The van der Waals surface area contributed by atoms with Crippen LogP contribution in [0.2, 0.25) is 0 Å². The van der Waals surface area contributed by atoms with Gasteiger partial charge in [0.25, 0.3) is 5.92 Å². The maximum atomic E-state index is 13.5. The van der Waals surface area contributed by atoms with Crippen LogP contribution in [0.15, 0.2) is 12.3 Å². The van der Waals surface area contributed by atoms with E-state index in [0.717, 1.165) is 0 Å². The molecule has 2 rings (SSSR count). The van der Waals surface area contributed by atoms with Crippen molar-refractivity contribution >= 4 is 10.0 Å². The number of hydrogen-bond acceptors (Lipinski definition) is 5. The number of aromatic nitrogens is 2. The monoisotopic (exact) mass is 321 g/mol. The maximum absolute atomic E-state index is 13.5. The molecule has 0 radical (unpaired) electrons. The highest BCUT2D eigenvalue weighted by atomic mass is 32.2. The van der Waals surface area contributed by atoms with Gasteiger partial charge in [-0.15, -0.1) is 0 Å². The zero-order chi connectivity index (χ0) is 15.5. The lowest BCUT2D eigenvalue weighted by molar-refractivity contribution is -0.0288. The van der Waals surface area contributed by atoms with Crippen LogP contribution in [0.25, 0.3) is 0 Å². The number of alkyl halides is 2. The second-order valence-corrected chi connectivity index (χ2v) is 6.84. The number of ether oxygens (including phenoxy) is 1. The summed E-state index contributed by atoms with van der Waals surface area (Å²) in [6.45, 7) is -0.0838. The SMILES string of the molecule is COc1nccc(CNS(=O)(=O)CC2CCCC2(F)F)n1. The van der Waals surface area contributed by atoms with E-state index in [9.17, 15) is 17.2 Å². The van der Waals surface area contributed by atoms with Crippen LogP contribution in [0.1, 0.15) is 25.0 Å². The quantitative estimate of drug-likeness (QED) is 0.855. The molecule has 1 atom stereocenters. The highest BCUT2D eigenvalue weighted by molar-refractivity contribution is 7.89. The number of nitrogens with one attached hydrogen (secondary N) is 1. The van der Waals surface area contributed by atoms with Gasteiger partial charge in [-0.1, -0.05) is 0 Å². The molecule has 1 saturated carbocycles. The Morgan fingerprint density at radius 3 is 2.90 bits per heavy atom. The van der Waals surface area contributed by atoms with Gasteiger partial charge in [0.05, 0.1) is 25.1 Å². The summed E-state index contributed by atoms with van der Waals surface area (Å²) in [5.41, 5.74) is 0.406. The molecule has 118 valence electrons. The van der Waals surface area contributed by atoms with Gasteiger partial charge in [-0.05, 0) is 18.9 Å². The molecule has 0 amide bonds. The zero-order valence-corrected chi connectivity index (χ0v) is 12.4. The van der Waals surface area contributed by atoms with Gasteiger partial charge in [-0.25, -0.2) is 26.9 Å². The normalized spacial score (nSPS) is 21.4. The summed E-state index contributed by atoms with van der Waals surface area (Å²) in [5.74, 6) is -4.58. The average Bonchev–Trinajstić information content (AvgIpc) is 2.75. The van der Waals surface area contributed by atoms with Crippen molar-refractivity contribution in [3.05, 3.63) is 18.0 Å². The van der Waals surface area contributed by atoms with Crippen LogP contribution >= 0.6 is 0 Å². The van der Waals surface area contributed by atoms with E-state index in [4.69, 9.17) is 4.74 Å². The van der Waals surface area contributed by atoms with Gasteiger partial charge >= 0.3 is 6.01 Å². The van der Waals surface area contributed by atoms with Crippen LogP contribution in [0.5, 0.6) is 6.01 Å². The Morgan fingerprint density at radius 2 is 2.29 bits per heavy atom. The largest absolute Gasteiger partial charge is 0.467 e. The smallest absolute Gasteiger partial charge is 0.316 e. The maximum Gasteiger partial charge on any atom is 0.316 e. The van der Waals surface area contributed by atoms with Crippen LogP contribution < -0.4 is 9.46 Å². The highest BCUT2D eigenvalue weighted by Gasteiger charge is 2.45. The first kappa shape index (κ1) is 16.0. The minimum atomic E-state index is -3.79. The topological polar surface area (TPSA) is 81.2 Å². The molecule has 1 heterocycles. The third-order valence-corrected chi connectivity index (χ3v) is 4.85. The number of rotatable bonds is 6. The lowest BCUT2D eigenvalue weighted by Gasteiger charge is -2.18. The van der Waals surface area contributed by atoms with E-state index in [-0.39, 0.29) is 25.4 Å². The molecule has 6 nitrogen and oxygen atoms in total. The molecule has 21 heavy (non-hydrogen) atoms. The fraction of sp³-hybridized carbons (Fsp3) is 0.667. The minimum Gasteiger partial charge on any atom is -0.467 e. The van der Waals surface area contributed by atoms with E-state index in [2.05, 4.69) is 14.7 Å². The molecular weight excluding hydrogens is 304 g/mol. The minimum absolute atomic E-state index is 0.0838. The van der Waals surface area contributed by atoms with Gasteiger partial charge in [-0.2, -0.15) is 4.98 Å². The molecule has 0 spiro atoms. The lowest BCUT2D eigenvalue weighted by Crippen LogP contribution is -2.35. The summed E-state index contributed by atoms with van der Waals surface area (Å²) < 4.78 is 57.8. The molecule has 1 fully saturated rings. The van der Waals surface area contributed by atoms with Gasteiger partial charge in [0.2, 0.25) is 10.0 Å². The Kier molecular flexibility index (Phi) is 4.72. The van der Waals surface area contributed by atoms with Crippen LogP contribution in [0, 0.1) is 5.92 Å². The summed E-state index contributed by atoms with van der Waals surface area (Å²) in [6.07, 6.45) is 1.78. The van der Waals surface area contributed by atoms with Crippen molar-refractivity contribution in [3.8, 4) is 6.01 Å². The Bertz CT molecular complexity index is 595. The van der Waals surface area contributed by atoms with E-state index in [1.807, 2.05) is 0 Å². The summed E-state index contributed by atoms with van der Waals surface area (Å²) >= 11 is 0. The van der Waals surface area contributed by atoms with Gasteiger partial charge in [0.1, 0.15) is 0 Å². The van der Waals surface area contributed by atoms with E-state index >= 15 is 0 Å². The fourth-order valence-electron chi connectivity index (χ4n) is 2.29. The number of hydrogen-bond donors (Lipinski definition) is 1. The third kappa shape index (κ3) is 4.31. The van der Waals surface area contributed by atoms with Gasteiger partial charge < -0.3 is 4.74 Å². The number of sulfonamides is 1. The first-order valence-corrected chi connectivity index (χ1v) is 8.19. The number of halogens is 2. The van der Waals surface area contributed by atoms with Crippen LogP contribution in [-0.2, 0) is 16.6 Å². The standard InChI is InChI=1S/C12H17F2N3O3S/c1-20-11-15-6-4-10(17-11)7-16-21(18,19)8-9-3-2-5-12(9,13)14/h4,6,9,16H,2-3,5,7-8H2,1H3. The molecule has 1 aliphatic carbocycles. The van der Waals surface area contributed by atoms with Crippen molar-refractivity contribution < 1.29 is 21.9 Å². The summed E-state index contributed by atoms with van der Waals surface area (Å²) in [6, 6.07) is 1.64. The van der Waals surface area contributed by atoms with Crippen LogP contribution in [0.3, 0.4) is 0 Å². The van der Waals surface area contributed by atoms with Gasteiger partial charge in [0, 0.05) is 18.5 Å². The average molecular weight is 321 g/mol. The highest BCUT2D eigenvalue weighted by Crippen LogP contribution is 2.40. The molecule has 1 aromatic rings. The second-order valence-electron chi connectivity index (χ2n) is 4.99. The molecule has 1 aliphatic rings. The van der Waals surface area contributed by atoms with E-state index < -0.39 is 27.6 Å². The molecule has 0 saturated heterocycles. The van der Waals surface area contributed by atoms with Crippen molar-refractivity contribution in [1.29, 1.82) is 0 Å². The molecule has 1 aromatic heterocycles. The van der Waals surface area contributed by atoms with Gasteiger partial charge in [-0.3, -0.25) is 0 Å².